The van der Waals surface area contributed by atoms with Crippen LogP contribution in [-0.4, -0.2) is 61.2 Å². The number of fused-ring (bicyclic) bond motifs is 2. The fraction of sp³-hybridized carbons (Fsp3) is 0.655. The number of aliphatic carboxylic acids is 1. The number of carboxylic acid groups (broad SMARTS) is 1. The summed E-state index contributed by atoms with van der Waals surface area (Å²) in [7, 11) is 0. The third-order valence-electron chi connectivity index (χ3n) is 8.98. The zero-order valence-corrected chi connectivity index (χ0v) is 22.6. The molecule has 39 heavy (non-hydrogen) atoms. The van der Waals surface area contributed by atoms with Gasteiger partial charge in [-0.15, -0.1) is 10.2 Å². The monoisotopic (exact) mass is 543 g/mol. The van der Waals surface area contributed by atoms with Crippen LogP contribution in [0.3, 0.4) is 0 Å². The number of nitrogens with one attached hydrogen (secondary N) is 1. The zero-order chi connectivity index (χ0) is 27.6. The Bertz CT molecular complexity index is 1150. The van der Waals surface area contributed by atoms with Crippen molar-refractivity contribution in [2.24, 2.45) is 5.92 Å². The highest BCUT2D eigenvalue weighted by molar-refractivity contribution is 5.79. The van der Waals surface area contributed by atoms with Gasteiger partial charge in [0.15, 0.2) is 0 Å². The molecule has 2 N–H and O–H groups in total. The first kappa shape index (κ1) is 27.7. The van der Waals surface area contributed by atoms with Crippen LogP contribution in [0, 0.1) is 5.92 Å². The van der Waals surface area contributed by atoms with Crippen LogP contribution in [-0.2, 0) is 22.4 Å². The van der Waals surface area contributed by atoms with Crippen molar-refractivity contribution in [3.05, 3.63) is 47.5 Å². The van der Waals surface area contributed by atoms with E-state index in [2.05, 4.69) is 25.0 Å². The lowest BCUT2D eigenvalue weighted by Gasteiger charge is -2.31. The van der Waals surface area contributed by atoms with E-state index in [1.807, 2.05) is 37.3 Å². The predicted octanol–water partition coefficient (Wildman–Crippen LogP) is 4.71. The quantitative estimate of drug-likeness (QED) is 0.426. The minimum absolute atomic E-state index is 0.0312. The Labute approximate surface area is 228 Å². The number of benzene rings is 1. The van der Waals surface area contributed by atoms with E-state index in [0.717, 1.165) is 55.9 Å². The summed E-state index contributed by atoms with van der Waals surface area (Å²) < 4.78 is 29.5. The van der Waals surface area contributed by atoms with E-state index in [1.165, 1.54) is 0 Å². The molecule has 3 unspecified atom stereocenters. The Morgan fingerprint density at radius 3 is 2.49 bits per heavy atom. The van der Waals surface area contributed by atoms with Crippen LogP contribution in [0.25, 0.3) is 0 Å². The molecule has 10 heteroatoms. The van der Waals surface area contributed by atoms with Gasteiger partial charge in [-0.05, 0) is 44.1 Å². The summed E-state index contributed by atoms with van der Waals surface area (Å²) in [5.74, 6) is -2.33. The van der Waals surface area contributed by atoms with Gasteiger partial charge in [0, 0.05) is 50.2 Å². The van der Waals surface area contributed by atoms with E-state index in [1.54, 1.807) is 0 Å². The normalized spacial score (nSPS) is 25.6. The summed E-state index contributed by atoms with van der Waals surface area (Å²) in [6.45, 7) is 2.86. The van der Waals surface area contributed by atoms with E-state index in [-0.39, 0.29) is 56.0 Å². The van der Waals surface area contributed by atoms with Crippen LogP contribution in [0.4, 0.5) is 8.78 Å². The Morgan fingerprint density at radius 1 is 1.08 bits per heavy atom. The van der Waals surface area contributed by atoms with Gasteiger partial charge in [0.2, 0.25) is 11.8 Å². The van der Waals surface area contributed by atoms with E-state index in [9.17, 15) is 23.5 Å². The molecule has 2 aliphatic heterocycles. The van der Waals surface area contributed by atoms with Gasteiger partial charge in [-0.2, -0.15) is 0 Å². The molecule has 4 atom stereocenters. The van der Waals surface area contributed by atoms with Crippen LogP contribution in [0.5, 0.6) is 0 Å². The summed E-state index contributed by atoms with van der Waals surface area (Å²) in [6, 6.07) is 10.7. The fourth-order valence-corrected chi connectivity index (χ4v) is 6.95. The highest BCUT2D eigenvalue weighted by atomic mass is 19.3. The summed E-state index contributed by atoms with van der Waals surface area (Å²) in [5, 5.41) is 21.1. The number of hydrogen-bond donors (Lipinski definition) is 2. The number of alkyl halides is 2. The van der Waals surface area contributed by atoms with Crippen LogP contribution < -0.4 is 5.32 Å². The van der Waals surface area contributed by atoms with E-state index in [0.29, 0.717) is 18.5 Å². The standard InChI is InChI=1S/C29H39F2N5O3/c1-2-25-33-34-26(10-11-27(37)38)36(25)24-18-21-8-9-23(24)35(21)17-14-22(19-6-4-3-5-7-19)32-28(39)20-12-15-29(30,31)16-13-20/h3-7,20-24H,2,8-18H2,1H3,(H,32,39)(H,37,38)/t21?,22-,23?,24?/m0/s1. The molecule has 5 rings (SSSR count). The average Bonchev–Trinajstić information content (AvgIpc) is 3.62. The first-order chi connectivity index (χ1) is 18.8. The minimum Gasteiger partial charge on any atom is -0.481 e. The van der Waals surface area contributed by atoms with Crippen molar-refractivity contribution in [1.82, 2.24) is 25.0 Å². The van der Waals surface area contributed by atoms with Crippen LogP contribution in [0.15, 0.2) is 30.3 Å². The third kappa shape index (κ3) is 6.15. The van der Waals surface area contributed by atoms with Crippen molar-refractivity contribution < 1.29 is 23.5 Å². The molecular formula is C29H39F2N5O3. The molecule has 1 aromatic heterocycles. The number of hydrogen-bond acceptors (Lipinski definition) is 5. The molecule has 212 valence electrons. The first-order valence-electron chi connectivity index (χ1n) is 14.4. The lowest BCUT2D eigenvalue weighted by molar-refractivity contribution is -0.137. The smallest absolute Gasteiger partial charge is 0.303 e. The van der Waals surface area contributed by atoms with Gasteiger partial charge in [-0.25, -0.2) is 8.78 Å². The lowest BCUT2D eigenvalue weighted by Crippen LogP contribution is -2.40. The van der Waals surface area contributed by atoms with E-state index < -0.39 is 11.9 Å². The highest BCUT2D eigenvalue weighted by Gasteiger charge is 2.48. The second-order valence-electron chi connectivity index (χ2n) is 11.4. The van der Waals surface area contributed by atoms with Crippen molar-refractivity contribution in [3.8, 4) is 0 Å². The van der Waals surface area contributed by atoms with Gasteiger partial charge in [0.05, 0.1) is 18.5 Å². The van der Waals surface area contributed by atoms with Crippen molar-refractivity contribution in [1.29, 1.82) is 0 Å². The number of carboxylic acids is 1. The average molecular weight is 544 g/mol. The third-order valence-corrected chi connectivity index (χ3v) is 8.98. The number of rotatable bonds is 11. The van der Waals surface area contributed by atoms with Crippen LogP contribution in [0.2, 0.25) is 0 Å². The van der Waals surface area contributed by atoms with E-state index >= 15 is 0 Å². The maximum Gasteiger partial charge on any atom is 0.303 e. The molecule has 1 saturated carbocycles. The fourth-order valence-electron chi connectivity index (χ4n) is 6.95. The number of nitrogens with zero attached hydrogens (tertiary/aromatic N) is 4. The predicted molar refractivity (Wildman–Crippen MR) is 141 cm³/mol. The number of carbonyl (C=O) groups is 2. The van der Waals surface area contributed by atoms with Gasteiger partial charge in [0.25, 0.3) is 0 Å². The van der Waals surface area contributed by atoms with Crippen molar-refractivity contribution >= 4 is 11.9 Å². The van der Waals surface area contributed by atoms with Gasteiger partial charge in [0.1, 0.15) is 11.6 Å². The molecule has 3 fully saturated rings. The maximum absolute atomic E-state index is 13.7. The van der Waals surface area contributed by atoms with Gasteiger partial charge in [-0.1, -0.05) is 37.3 Å². The second-order valence-corrected chi connectivity index (χ2v) is 11.4. The van der Waals surface area contributed by atoms with Gasteiger partial charge < -0.3 is 15.0 Å². The Morgan fingerprint density at radius 2 is 1.79 bits per heavy atom. The van der Waals surface area contributed by atoms with Crippen LogP contribution in [0.1, 0.15) is 94.0 Å². The molecule has 0 spiro atoms. The molecule has 3 heterocycles. The second kappa shape index (κ2) is 11.7. The molecule has 3 aliphatic rings. The topological polar surface area (TPSA) is 100 Å². The molecule has 1 aliphatic carbocycles. The Balaban J connectivity index is 1.27. The summed E-state index contributed by atoms with van der Waals surface area (Å²) in [4.78, 5) is 26.9. The lowest BCUT2D eigenvalue weighted by atomic mass is 9.86. The molecule has 2 aromatic rings. The largest absolute Gasteiger partial charge is 0.481 e. The van der Waals surface area contributed by atoms with Gasteiger partial charge >= 0.3 is 5.97 Å². The number of aryl methyl sites for hydroxylation is 2. The van der Waals surface area contributed by atoms with Crippen molar-refractivity contribution in [2.75, 3.05) is 6.54 Å². The molecule has 0 radical (unpaired) electrons. The molecule has 1 aromatic carbocycles. The summed E-state index contributed by atoms with van der Waals surface area (Å²) in [5.41, 5.74) is 1.03. The highest BCUT2D eigenvalue weighted by Crippen LogP contribution is 2.45. The number of carbonyl (C=O) groups excluding carboxylic acids is 1. The summed E-state index contributed by atoms with van der Waals surface area (Å²) in [6.07, 6.45) is 5.03. The van der Waals surface area contributed by atoms with Gasteiger partial charge in [-0.3, -0.25) is 14.5 Å². The molecule has 1 amide bonds. The molecule has 2 saturated heterocycles. The number of aromatic nitrogens is 3. The zero-order valence-electron chi connectivity index (χ0n) is 22.6. The minimum atomic E-state index is -2.66. The molecule has 2 bridgehead atoms. The number of halogens is 2. The van der Waals surface area contributed by atoms with E-state index in [4.69, 9.17) is 0 Å². The molecule has 8 nitrogen and oxygen atoms in total. The van der Waals surface area contributed by atoms with Crippen molar-refractivity contribution in [3.63, 3.8) is 0 Å². The summed E-state index contributed by atoms with van der Waals surface area (Å²) >= 11 is 0. The van der Waals surface area contributed by atoms with Crippen molar-refractivity contribution in [2.45, 2.75) is 108 Å². The van der Waals surface area contributed by atoms with Crippen LogP contribution >= 0.6 is 0 Å². The maximum atomic E-state index is 13.7. The Kier molecular flexibility index (Phi) is 8.30. The molecular weight excluding hydrogens is 504 g/mol. The first-order valence-corrected chi connectivity index (χ1v) is 14.4. The number of amides is 1. The SMILES string of the molecule is CCc1nnc(CCC(=O)O)n1C1CC2CCC1N2CC[C@H](NC(=O)C1CCC(F)(F)CC1)c1ccccc1. The Hall–Kier alpha value is -2.88.